The number of aliphatic imine (C=N–C) groups is 1. The molecule has 0 aromatic heterocycles. The summed E-state index contributed by atoms with van der Waals surface area (Å²) in [5, 5.41) is 8.70. The van der Waals surface area contributed by atoms with Crippen LogP contribution >= 0.6 is 0 Å². The third-order valence-electron chi connectivity index (χ3n) is 9.81. The van der Waals surface area contributed by atoms with Crippen molar-refractivity contribution in [2.75, 3.05) is 0 Å². The van der Waals surface area contributed by atoms with E-state index in [0.717, 1.165) is 16.8 Å². The average molecular weight is 559 g/mol. The van der Waals surface area contributed by atoms with E-state index in [-0.39, 0.29) is 5.41 Å². The monoisotopic (exact) mass is 558 g/mol. The van der Waals surface area contributed by atoms with Crippen LogP contribution in [-0.4, -0.2) is 11.5 Å². The lowest BCUT2D eigenvalue weighted by Crippen LogP contribution is -2.28. The first kappa shape index (κ1) is 27.3. The molecule has 0 amide bonds. The quantitative estimate of drug-likeness (QED) is 0.168. The first-order chi connectivity index (χ1) is 21.0. The van der Waals surface area contributed by atoms with Crippen molar-refractivity contribution in [1.29, 1.82) is 5.41 Å². The van der Waals surface area contributed by atoms with Gasteiger partial charge in [0.05, 0.1) is 0 Å². The second kappa shape index (κ2) is 10.9. The molecule has 7 rings (SSSR count). The van der Waals surface area contributed by atoms with Crippen molar-refractivity contribution in [2.24, 2.45) is 4.99 Å². The van der Waals surface area contributed by atoms with Gasteiger partial charge in [-0.1, -0.05) is 122 Å². The van der Waals surface area contributed by atoms with Gasteiger partial charge in [0.25, 0.3) is 0 Å². The number of fused-ring (bicyclic) bond motifs is 5. The largest absolute Gasteiger partial charge is 0.282 e. The van der Waals surface area contributed by atoms with Gasteiger partial charge in [0.2, 0.25) is 0 Å². The summed E-state index contributed by atoms with van der Waals surface area (Å²) >= 11 is 0. The van der Waals surface area contributed by atoms with Gasteiger partial charge < -0.3 is 0 Å². The first-order valence-electron chi connectivity index (χ1n) is 15.6. The van der Waals surface area contributed by atoms with Gasteiger partial charge in [-0.3, -0.25) is 5.41 Å². The number of nitrogens with one attached hydrogen (secondary N) is 1. The molecule has 0 saturated heterocycles. The molecule has 212 valence electrons. The lowest BCUT2D eigenvalue weighted by Gasteiger charge is -2.36. The minimum Gasteiger partial charge on any atom is -0.282 e. The number of aryl methyl sites for hydroxylation is 2. The fourth-order valence-electron chi connectivity index (χ4n) is 7.72. The molecule has 0 bridgehead atoms. The summed E-state index contributed by atoms with van der Waals surface area (Å²) in [6.45, 7) is 6.51. The Balaban J connectivity index is 1.41. The lowest BCUT2D eigenvalue weighted by molar-refractivity contribution is 0.353. The van der Waals surface area contributed by atoms with Gasteiger partial charge >= 0.3 is 0 Å². The zero-order valence-corrected chi connectivity index (χ0v) is 25.4. The number of hydrogen-bond donors (Lipinski definition) is 1. The molecule has 5 aromatic carbocycles. The van der Waals surface area contributed by atoms with Crippen LogP contribution in [0.4, 0.5) is 0 Å². The van der Waals surface area contributed by atoms with E-state index in [4.69, 9.17) is 10.4 Å². The van der Waals surface area contributed by atoms with Crippen LogP contribution in [0.1, 0.15) is 72.4 Å². The van der Waals surface area contributed by atoms with E-state index < -0.39 is 0 Å². The third-order valence-corrected chi connectivity index (χ3v) is 9.81. The highest BCUT2D eigenvalue weighted by molar-refractivity contribution is 6.14. The molecule has 1 fully saturated rings. The summed E-state index contributed by atoms with van der Waals surface area (Å²) < 4.78 is 0. The molecule has 1 N–H and O–H groups in total. The molecule has 0 heterocycles. The fraction of sp³-hybridized carbons (Fsp3) is 0.220. The molecule has 5 aromatic rings. The molecule has 2 nitrogen and oxygen atoms in total. The van der Waals surface area contributed by atoms with Crippen LogP contribution in [0, 0.1) is 19.3 Å². The summed E-state index contributed by atoms with van der Waals surface area (Å²) in [7, 11) is 0. The van der Waals surface area contributed by atoms with Crippen LogP contribution in [0.5, 0.6) is 0 Å². The molecule has 2 aliphatic carbocycles. The maximum absolute atomic E-state index is 8.70. The van der Waals surface area contributed by atoms with Crippen LogP contribution < -0.4 is 0 Å². The molecule has 0 atom stereocenters. The Morgan fingerprint density at radius 1 is 0.628 bits per heavy atom. The molecule has 0 radical (unpaired) electrons. The number of rotatable bonds is 4. The van der Waals surface area contributed by atoms with Gasteiger partial charge in [0.15, 0.2) is 5.84 Å². The molecule has 2 heteroatoms. The van der Waals surface area contributed by atoms with E-state index in [1.807, 2.05) is 30.3 Å². The summed E-state index contributed by atoms with van der Waals surface area (Å²) in [5.74, 6) is 0.305. The average Bonchev–Trinajstić information content (AvgIpc) is 3.30. The van der Waals surface area contributed by atoms with E-state index in [1.165, 1.54) is 87.7 Å². The van der Waals surface area contributed by atoms with Crippen molar-refractivity contribution in [3.05, 3.63) is 143 Å². The number of amidine groups is 1. The number of nitrogens with zero attached hydrogens (tertiary/aromatic N) is 1. The van der Waals surface area contributed by atoms with Gasteiger partial charge in [-0.05, 0) is 95.3 Å². The van der Waals surface area contributed by atoms with Crippen LogP contribution in [0.3, 0.4) is 0 Å². The van der Waals surface area contributed by atoms with Crippen LogP contribution in [0.25, 0.3) is 33.4 Å². The minimum atomic E-state index is 0.0226. The van der Waals surface area contributed by atoms with Gasteiger partial charge in [-0.15, -0.1) is 0 Å². The Kier molecular flexibility index (Phi) is 6.94. The second-order valence-corrected chi connectivity index (χ2v) is 12.4. The lowest BCUT2D eigenvalue weighted by atomic mass is 9.67. The van der Waals surface area contributed by atoms with Crippen molar-refractivity contribution in [2.45, 2.75) is 58.3 Å². The van der Waals surface area contributed by atoms with Crippen molar-refractivity contribution in [3.63, 3.8) is 0 Å². The Morgan fingerprint density at radius 2 is 1.33 bits per heavy atom. The molecule has 1 saturated carbocycles. The number of benzene rings is 5. The minimum absolute atomic E-state index is 0.0226. The fourth-order valence-corrected chi connectivity index (χ4v) is 7.72. The van der Waals surface area contributed by atoms with Crippen molar-refractivity contribution >= 4 is 11.5 Å². The first-order valence-corrected chi connectivity index (χ1v) is 15.6. The Morgan fingerprint density at radius 3 is 2.12 bits per heavy atom. The van der Waals surface area contributed by atoms with Crippen molar-refractivity contribution < 1.29 is 0 Å². The molecular weight excluding hydrogens is 520 g/mol. The molecule has 0 aliphatic heterocycles. The van der Waals surface area contributed by atoms with E-state index in [9.17, 15) is 0 Å². The van der Waals surface area contributed by atoms with E-state index in [1.54, 1.807) is 0 Å². The Bertz CT molecular complexity index is 1890. The summed E-state index contributed by atoms with van der Waals surface area (Å²) in [6.07, 6.45) is 6.15. The van der Waals surface area contributed by atoms with E-state index in [0.29, 0.717) is 5.84 Å². The third kappa shape index (κ3) is 4.57. The highest BCUT2D eigenvalue weighted by Gasteiger charge is 2.44. The maximum Gasteiger partial charge on any atom is 0.152 e. The summed E-state index contributed by atoms with van der Waals surface area (Å²) in [6, 6.07) is 39.3. The molecule has 1 spiro atoms. The van der Waals surface area contributed by atoms with Gasteiger partial charge in [-0.25, -0.2) is 4.99 Å². The van der Waals surface area contributed by atoms with Crippen molar-refractivity contribution in [1.82, 2.24) is 0 Å². The van der Waals surface area contributed by atoms with E-state index in [2.05, 4.69) is 99.6 Å². The van der Waals surface area contributed by atoms with Gasteiger partial charge in [0.1, 0.15) is 0 Å². The van der Waals surface area contributed by atoms with Gasteiger partial charge in [0, 0.05) is 22.3 Å². The predicted octanol–water partition coefficient (Wildman–Crippen LogP) is 10.7. The second-order valence-electron chi connectivity index (χ2n) is 12.4. The zero-order valence-electron chi connectivity index (χ0n) is 25.4. The molecular formula is C41H38N2. The summed E-state index contributed by atoms with van der Waals surface area (Å²) in [5.41, 5.74) is 16.3. The Hall–Kier alpha value is -4.56. The standard InChI is InChI=1S/C41H38N2/c1-27-14-8-9-18-32(27)38-28(2)15-12-20-34(38)31-22-23-35-37(26-31)41(24-10-5-11-25-41)36-21-13-19-33(39(35)36)29(3)43-40(42)30-16-6-4-7-17-30/h4,6-9,12-23,26,42H,5,10-11,24-25H2,1-3H3. The molecule has 2 aliphatic rings. The van der Waals surface area contributed by atoms with Gasteiger partial charge in [-0.2, -0.15) is 0 Å². The normalized spacial score (nSPS) is 15.3. The summed E-state index contributed by atoms with van der Waals surface area (Å²) in [4.78, 5) is 4.83. The van der Waals surface area contributed by atoms with Crippen molar-refractivity contribution in [3.8, 4) is 33.4 Å². The topological polar surface area (TPSA) is 36.2 Å². The highest BCUT2D eigenvalue weighted by Crippen LogP contribution is 2.57. The SMILES string of the molecule is CC(=NC(=N)c1ccccc1)c1cccc2c1-c1ccc(-c3cccc(C)c3-c3ccccc3C)cc1C21CCCCC1. The van der Waals surface area contributed by atoms with Crippen LogP contribution in [0.15, 0.2) is 114 Å². The molecule has 43 heavy (non-hydrogen) atoms. The van der Waals surface area contributed by atoms with Crippen LogP contribution in [0.2, 0.25) is 0 Å². The Labute approximate surface area is 255 Å². The zero-order chi connectivity index (χ0) is 29.6. The predicted molar refractivity (Wildman–Crippen MR) is 182 cm³/mol. The highest BCUT2D eigenvalue weighted by atomic mass is 14.8. The molecule has 0 unspecified atom stereocenters. The van der Waals surface area contributed by atoms with E-state index >= 15 is 0 Å². The maximum atomic E-state index is 8.70. The number of hydrogen-bond acceptors (Lipinski definition) is 1. The smallest absolute Gasteiger partial charge is 0.152 e. The van der Waals surface area contributed by atoms with Crippen LogP contribution in [-0.2, 0) is 5.41 Å².